The lowest BCUT2D eigenvalue weighted by Gasteiger charge is -2.45. The van der Waals surface area contributed by atoms with Crippen LogP contribution in [0, 0.1) is 19.8 Å². The van der Waals surface area contributed by atoms with Crippen molar-refractivity contribution in [2.45, 2.75) is 64.7 Å². The van der Waals surface area contributed by atoms with Gasteiger partial charge in [-0.3, -0.25) is 9.59 Å². The highest BCUT2D eigenvalue weighted by molar-refractivity contribution is 6.23. The summed E-state index contributed by atoms with van der Waals surface area (Å²) in [5, 5.41) is 1.36. The molecule has 4 rings (SSSR count). The second-order valence-corrected chi connectivity index (χ2v) is 9.32. The number of rotatable bonds is 6. The van der Waals surface area contributed by atoms with E-state index in [1.54, 1.807) is 13.8 Å². The Morgan fingerprint density at radius 1 is 1.09 bits per heavy atom. The van der Waals surface area contributed by atoms with Crippen LogP contribution in [0.25, 0.3) is 5.57 Å². The molecule has 2 heterocycles. The average Bonchev–Trinajstić information content (AvgIpc) is 3.32. The summed E-state index contributed by atoms with van der Waals surface area (Å²) in [5.41, 5.74) is 2.04. The van der Waals surface area contributed by atoms with Crippen molar-refractivity contribution in [3.8, 4) is 0 Å². The maximum Gasteiger partial charge on any atom is 0.313 e. The van der Waals surface area contributed by atoms with Crippen LogP contribution >= 0.6 is 0 Å². The van der Waals surface area contributed by atoms with Gasteiger partial charge in [0.05, 0.1) is 24.7 Å². The minimum absolute atomic E-state index is 0.100. The van der Waals surface area contributed by atoms with Crippen molar-refractivity contribution in [3.63, 3.8) is 0 Å². The third-order valence-electron chi connectivity index (χ3n) is 6.79. The number of hydrogen-bond acceptors (Lipinski definition) is 7. The summed E-state index contributed by atoms with van der Waals surface area (Å²) in [6.07, 6.45) is 2.04. The Bertz CT molecular complexity index is 931. The lowest BCUT2D eigenvalue weighted by Crippen LogP contribution is -2.54. The molecule has 33 heavy (non-hydrogen) atoms. The molecule has 0 aromatic heterocycles. The van der Waals surface area contributed by atoms with E-state index in [1.807, 2.05) is 32.0 Å². The van der Waals surface area contributed by atoms with E-state index < -0.39 is 11.3 Å². The Hall–Kier alpha value is -2.26. The number of benzene rings is 1. The van der Waals surface area contributed by atoms with Gasteiger partial charge in [-0.1, -0.05) is 32.0 Å². The molecule has 8 heteroatoms. The zero-order valence-corrected chi connectivity index (χ0v) is 20.1. The number of carbonyl (C=O) groups excluding carboxylic acids is 2. The van der Waals surface area contributed by atoms with Crippen molar-refractivity contribution in [2.24, 2.45) is 5.92 Å². The first-order valence-electron chi connectivity index (χ1n) is 11.5. The van der Waals surface area contributed by atoms with E-state index >= 15 is 0 Å². The fraction of sp³-hybridized carbons (Fsp3) is 0.600. The molecule has 2 spiro atoms. The van der Waals surface area contributed by atoms with Gasteiger partial charge in [0, 0.05) is 20.0 Å². The van der Waals surface area contributed by atoms with Gasteiger partial charge in [-0.15, -0.1) is 0 Å². The molecular formula is C25H33NO7. The topological polar surface area (TPSA) is 83.5 Å². The van der Waals surface area contributed by atoms with Gasteiger partial charge in [-0.05, 0) is 43.4 Å². The molecule has 1 amide bonds. The predicted molar refractivity (Wildman–Crippen MR) is 119 cm³/mol. The fourth-order valence-corrected chi connectivity index (χ4v) is 5.06. The van der Waals surface area contributed by atoms with Crippen LogP contribution in [0.15, 0.2) is 24.0 Å². The van der Waals surface area contributed by atoms with Gasteiger partial charge in [0.2, 0.25) is 0 Å². The summed E-state index contributed by atoms with van der Waals surface area (Å²) in [4.78, 5) is 32.6. The predicted octanol–water partition coefficient (Wildman–Crippen LogP) is 3.65. The molecule has 0 bridgehead atoms. The second-order valence-electron chi connectivity index (χ2n) is 9.32. The molecule has 3 aliphatic rings. The first-order chi connectivity index (χ1) is 15.7. The highest BCUT2D eigenvalue weighted by atomic mass is 16.8. The van der Waals surface area contributed by atoms with Crippen LogP contribution in [0.1, 0.15) is 56.2 Å². The van der Waals surface area contributed by atoms with Gasteiger partial charge in [-0.2, -0.15) is 0 Å². The smallest absolute Gasteiger partial charge is 0.313 e. The lowest BCUT2D eigenvalue weighted by molar-refractivity contribution is -0.265. The maximum atomic E-state index is 13.9. The van der Waals surface area contributed by atoms with Crippen molar-refractivity contribution in [3.05, 3.63) is 40.6 Å². The standard InChI is InChI=1S/C25H33NO7/c1-16(2)23(28)33-21-20(19-17(3)7-6-8-18(19)4)22(27)26(32-15-29-5)24(21)9-11-25(12-10-24)30-13-14-31-25/h6-8,16H,9-15H2,1-5H3. The van der Waals surface area contributed by atoms with Crippen LogP contribution < -0.4 is 0 Å². The molecule has 1 aromatic rings. The zero-order valence-electron chi connectivity index (χ0n) is 20.1. The number of ether oxygens (including phenoxy) is 4. The summed E-state index contributed by atoms with van der Waals surface area (Å²) in [6, 6.07) is 5.85. The molecule has 2 fully saturated rings. The average molecular weight is 460 g/mol. The van der Waals surface area contributed by atoms with Gasteiger partial charge in [-0.25, -0.2) is 9.90 Å². The van der Waals surface area contributed by atoms with Crippen molar-refractivity contribution in [1.82, 2.24) is 5.06 Å². The summed E-state index contributed by atoms with van der Waals surface area (Å²) >= 11 is 0. The van der Waals surface area contributed by atoms with Crippen molar-refractivity contribution < 1.29 is 33.4 Å². The van der Waals surface area contributed by atoms with Crippen LogP contribution in [-0.4, -0.2) is 55.4 Å². The summed E-state index contributed by atoms with van der Waals surface area (Å²) in [7, 11) is 1.50. The highest BCUT2D eigenvalue weighted by Gasteiger charge is 2.60. The quantitative estimate of drug-likeness (QED) is 0.474. The lowest BCUT2D eigenvalue weighted by atomic mass is 9.77. The summed E-state index contributed by atoms with van der Waals surface area (Å²) < 4.78 is 23.0. The molecule has 1 aromatic carbocycles. The van der Waals surface area contributed by atoms with E-state index in [4.69, 9.17) is 23.8 Å². The minimum Gasteiger partial charge on any atom is -0.427 e. The molecule has 180 valence electrons. The van der Waals surface area contributed by atoms with Crippen LogP contribution in [0.5, 0.6) is 0 Å². The van der Waals surface area contributed by atoms with E-state index in [9.17, 15) is 9.59 Å². The Morgan fingerprint density at radius 3 is 2.24 bits per heavy atom. The van der Waals surface area contributed by atoms with Gasteiger partial charge in [0.25, 0.3) is 5.91 Å². The van der Waals surface area contributed by atoms with E-state index in [1.165, 1.54) is 12.2 Å². The van der Waals surface area contributed by atoms with Crippen LogP contribution in [0.4, 0.5) is 0 Å². The molecule has 1 saturated carbocycles. The Morgan fingerprint density at radius 2 is 1.70 bits per heavy atom. The first kappa shape index (κ1) is 23.9. The number of carbonyl (C=O) groups is 2. The Balaban J connectivity index is 1.86. The zero-order chi connectivity index (χ0) is 23.8. The summed E-state index contributed by atoms with van der Waals surface area (Å²) in [6.45, 7) is 8.46. The molecule has 0 atom stereocenters. The third kappa shape index (κ3) is 4.10. The molecule has 0 N–H and O–H groups in total. The first-order valence-corrected chi connectivity index (χ1v) is 11.5. The second kappa shape index (κ2) is 9.18. The molecule has 1 aliphatic carbocycles. The Labute approximate surface area is 194 Å². The molecule has 1 saturated heterocycles. The number of esters is 1. The van der Waals surface area contributed by atoms with Crippen LogP contribution in [0.2, 0.25) is 0 Å². The number of methoxy groups -OCH3 is 1. The van der Waals surface area contributed by atoms with E-state index in [-0.39, 0.29) is 24.6 Å². The fourth-order valence-electron chi connectivity index (χ4n) is 5.06. The number of amides is 1. The SMILES string of the molecule is COCON1C(=O)C(c2c(C)cccc2C)=C(OC(=O)C(C)C)C12CCC1(CC2)OCCO1. The monoisotopic (exact) mass is 459 g/mol. The third-order valence-corrected chi connectivity index (χ3v) is 6.79. The minimum atomic E-state index is -0.954. The highest BCUT2D eigenvalue weighted by Crippen LogP contribution is 2.53. The molecule has 2 aliphatic heterocycles. The van der Waals surface area contributed by atoms with E-state index in [0.29, 0.717) is 50.2 Å². The van der Waals surface area contributed by atoms with Crippen molar-refractivity contribution in [2.75, 3.05) is 27.1 Å². The van der Waals surface area contributed by atoms with Gasteiger partial charge in [0.15, 0.2) is 12.6 Å². The van der Waals surface area contributed by atoms with E-state index in [2.05, 4.69) is 0 Å². The van der Waals surface area contributed by atoms with Gasteiger partial charge >= 0.3 is 5.97 Å². The van der Waals surface area contributed by atoms with Gasteiger partial charge in [0.1, 0.15) is 11.3 Å². The number of nitrogens with zero attached hydrogens (tertiary/aromatic N) is 1. The van der Waals surface area contributed by atoms with Crippen LogP contribution in [0.3, 0.4) is 0 Å². The molecule has 0 radical (unpaired) electrons. The van der Waals surface area contributed by atoms with Crippen LogP contribution in [-0.2, 0) is 33.4 Å². The van der Waals surface area contributed by atoms with E-state index in [0.717, 1.165) is 16.7 Å². The molecular weight excluding hydrogens is 426 g/mol. The number of aryl methyl sites for hydroxylation is 2. The summed E-state index contributed by atoms with van der Waals surface area (Å²) in [5.74, 6) is -1.37. The van der Waals surface area contributed by atoms with Crippen molar-refractivity contribution >= 4 is 17.4 Å². The normalized spacial score (nSPS) is 21.6. The largest absolute Gasteiger partial charge is 0.427 e. The number of hydroxylamine groups is 2. The number of hydrogen-bond donors (Lipinski definition) is 0. The van der Waals surface area contributed by atoms with Gasteiger partial charge < -0.3 is 18.9 Å². The Kier molecular flexibility index (Phi) is 6.64. The molecule has 0 unspecified atom stereocenters. The van der Waals surface area contributed by atoms with Crippen molar-refractivity contribution in [1.29, 1.82) is 0 Å². The maximum absolute atomic E-state index is 13.9. The molecule has 8 nitrogen and oxygen atoms in total.